The average molecular weight is 285 g/mol. The van der Waals surface area contributed by atoms with Crippen LogP contribution >= 0.6 is 0 Å². The Morgan fingerprint density at radius 2 is 2.29 bits per heavy atom. The zero-order valence-corrected chi connectivity index (χ0v) is 12.6. The predicted molar refractivity (Wildman–Crippen MR) is 78.8 cm³/mol. The molecule has 0 unspecified atom stereocenters. The Morgan fingerprint density at radius 1 is 1.57 bits per heavy atom. The van der Waals surface area contributed by atoms with Crippen molar-refractivity contribution in [1.29, 1.82) is 5.26 Å². The Labute approximate surface area is 123 Å². The van der Waals surface area contributed by atoms with Crippen molar-refractivity contribution >= 4 is 5.65 Å². The highest BCUT2D eigenvalue weighted by Gasteiger charge is 2.38. The van der Waals surface area contributed by atoms with Crippen LogP contribution in [0.4, 0.5) is 0 Å². The molecule has 2 aromatic heterocycles. The molecule has 2 heterocycles. The quantitative estimate of drug-likeness (QED) is 0.927. The molecule has 1 N–H and O–H groups in total. The van der Waals surface area contributed by atoms with Crippen LogP contribution in [0.1, 0.15) is 37.9 Å². The number of hydrogen-bond donors (Lipinski definition) is 1. The second kappa shape index (κ2) is 4.71. The molecule has 0 amide bonds. The number of rotatable bonds is 3. The smallest absolute Gasteiger partial charge is 0.272 e. The highest BCUT2D eigenvalue weighted by atomic mass is 16.1. The van der Waals surface area contributed by atoms with Crippen molar-refractivity contribution in [3.8, 4) is 6.07 Å². The summed E-state index contributed by atoms with van der Waals surface area (Å²) < 4.78 is 1.30. The van der Waals surface area contributed by atoms with E-state index in [4.69, 9.17) is 5.26 Å². The van der Waals surface area contributed by atoms with Crippen LogP contribution in [0.5, 0.6) is 0 Å². The van der Waals surface area contributed by atoms with E-state index >= 15 is 0 Å². The minimum Gasteiger partial charge on any atom is -0.298 e. The summed E-state index contributed by atoms with van der Waals surface area (Å²) in [6, 6.07) is 4.12. The first kappa shape index (κ1) is 13.8. The molecule has 0 aliphatic heterocycles. The van der Waals surface area contributed by atoms with Gasteiger partial charge in [-0.3, -0.25) is 14.8 Å². The maximum Gasteiger partial charge on any atom is 0.272 e. The molecule has 3 rings (SSSR count). The number of hydrogen-bond acceptors (Lipinski definition) is 4. The van der Waals surface area contributed by atoms with Crippen molar-refractivity contribution in [3.05, 3.63) is 33.9 Å². The molecule has 1 aliphatic rings. The van der Waals surface area contributed by atoms with E-state index in [0.717, 1.165) is 0 Å². The number of H-pyrrole nitrogens is 1. The van der Waals surface area contributed by atoms with Gasteiger partial charge in [-0.05, 0) is 25.3 Å². The fourth-order valence-electron chi connectivity index (χ4n) is 3.10. The molecule has 0 saturated heterocycles. The Morgan fingerprint density at radius 3 is 2.90 bits per heavy atom. The number of nitriles is 1. The summed E-state index contributed by atoms with van der Waals surface area (Å²) in [7, 11) is 2.06. The number of aromatic nitrogens is 3. The second-order valence-electron chi connectivity index (χ2n) is 6.69. The molecule has 0 aromatic carbocycles. The third kappa shape index (κ3) is 2.45. The maximum atomic E-state index is 12.0. The van der Waals surface area contributed by atoms with Gasteiger partial charge in [0, 0.05) is 24.8 Å². The molecular weight excluding hydrogens is 266 g/mol. The number of nitrogens with one attached hydrogen (secondary N) is 1. The molecule has 6 nitrogen and oxygen atoms in total. The van der Waals surface area contributed by atoms with E-state index in [1.807, 2.05) is 6.07 Å². The molecule has 110 valence electrons. The van der Waals surface area contributed by atoms with E-state index in [-0.39, 0.29) is 5.56 Å². The third-order valence-corrected chi connectivity index (χ3v) is 4.28. The molecule has 1 aliphatic carbocycles. The molecule has 1 saturated carbocycles. The van der Waals surface area contributed by atoms with Gasteiger partial charge in [0.2, 0.25) is 0 Å². The number of aromatic amines is 1. The molecule has 0 spiro atoms. The van der Waals surface area contributed by atoms with E-state index in [9.17, 15) is 4.79 Å². The minimum atomic E-state index is -0.182. The first-order valence-electron chi connectivity index (χ1n) is 7.10. The van der Waals surface area contributed by atoms with Crippen LogP contribution in [0.25, 0.3) is 5.65 Å². The number of nitrogens with zero attached hydrogens (tertiary/aromatic N) is 4. The minimum absolute atomic E-state index is 0.182. The average Bonchev–Trinajstić information content (AvgIpc) is 2.79. The first-order chi connectivity index (χ1) is 9.89. The molecule has 0 bridgehead atoms. The largest absolute Gasteiger partial charge is 0.298 e. The molecule has 0 atom stereocenters. The van der Waals surface area contributed by atoms with Gasteiger partial charge in [0.25, 0.3) is 5.56 Å². The second-order valence-corrected chi connectivity index (χ2v) is 6.69. The zero-order chi connectivity index (χ0) is 15.2. The third-order valence-electron chi connectivity index (χ3n) is 4.28. The van der Waals surface area contributed by atoms with E-state index < -0.39 is 0 Å². The van der Waals surface area contributed by atoms with Crippen molar-refractivity contribution in [2.45, 2.75) is 39.3 Å². The zero-order valence-electron chi connectivity index (χ0n) is 12.6. The SMILES string of the molecule is CN(Cc1cc(=O)n2[nH]cc(C#N)c2n1)C1CC(C)(C)C1. The van der Waals surface area contributed by atoms with Gasteiger partial charge in [-0.2, -0.15) is 5.26 Å². The maximum absolute atomic E-state index is 12.0. The van der Waals surface area contributed by atoms with E-state index in [0.29, 0.717) is 34.9 Å². The van der Waals surface area contributed by atoms with Gasteiger partial charge in [0.15, 0.2) is 5.65 Å². The van der Waals surface area contributed by atoms with Gasteiger partial charge in [0.05, 0.1) is 5.69 Å². The van der Waals surface area contributed by atoms with Crippen LogP contribution in [0.15, 0.2) is 17.1 Å². The summed E-state index contributed by atoms with van der Waals surface area (Å²) >= 11 is 0. The first-order valence-corrected chi connectivity index (χ1v) is 7.10. The van der Waals surface area contributed by atoms with Gasteiger partial charge >= 0.3 is 0 Å². The monoisotopic (exact) mass is 285 g/mol. The van der Waals surface area contributed by atoms with E-state index in [2.05, 4.69) is 35.9 Å². The molecule has 2 aromatic rings. The number of fused-ring (bicyclic) bond motifs is 1. The van der Waals surface area contributed by atoms with Crippen LogP contribution in [-0.4, -0.2) is 32.6 Å². The van der Waals surface area contributed by atoms with Gasteiger partial charge < -0.3 is 0 Å². The van der Waals surface area contributed by atoms with Crippen molar-refractivity contribution < 1.29 is 0 Å². The summed E-state index contributed by atoms with van der Waals surface area (Å²) in [5.74, 6) is 0. The van der Waals surface area contributed by atoms with Crippen LogP contribution < -0.4 is 5.56 Å². The van der Waals surface area contributed by atoms with Crippen LogP contribution in [-0.2, 0) is 6.54 Å². The lowest BCUT2D eigenvalue weighted by atomic mass is 9.68. The fourth-order valence-corrected chi connectivity index (χ4v) is 3.10. The summed E-state index contributed by atoms with van der Waals surface area (Å²) in [4.78, 5) is 18.7. The Kier molecular flexibility index (Phi) is 3.10. The van der Waals surface area contributed by atoms with Gasteiger partial charge in [-0.25, -0.2) is 9.50 Å². The van der Waals surface area contributed by atoms with Crippen molar-refractivity contribution in [1.82, 2.24) is 19.5 Å². The van der Waals surface area contributed by atoms with Crippen molar-refractivity contribution in [2.24, 2.45) is 5.41 Å². The Bertz CT molecular complexity index is 771. The predicted octanol–water partition coefficient (Wildman–Crippen LogP) is 1.51. The lowest BCUT2D eigenvalue weighted by Crippen LogP contribution is -2.46. The normalized spacial score (nSPS) is 17.9. The molecule has 1 fully saturated rings. The highest BCUT2D eigenvalue weighted by molar-refractivity contribution is 5.53. The Hall–Kier alpha value is -2.13. The van der Waals surface area contributed by atoms with E-state index in [1.165, 1.54) is 29.6 Å². The highest BCUT2D eigenvalue weighted by Crippen LogP contribution is 2.42. The summed E-state index contributed by atoms with van der Waals surface area (Å²) in [5, 5.41) is 11.8. The van der Waals surface area contributed by atoms with Crippen LogP contribution in [0.3, 0.4) is 0 Å². The van der Waals surface area contributed by atoms with E-state index in [1.54, 1.807) is 0 Å². The van der Waals surface area contributed by atoms with Gasteiger partial charge in [0.1, 0.15) is 11.6 Å². The van der Waals surface area contributed by atoms with Gasteiger partial charge in [-0.15, -0.1) is 0 Å². The summed E-state index contributed by atoms with van der Waals surface area (Å²) in [6.07, 6.45) is 3.84. The molecule has 6 heteroatoms. The Balaban J connectivity index is 1.85. The summed E-state index contributed by atoms with van der Waals surface area (Å²) in [6.45, 7) is 5.17. The fraction of sp³-hybridized carbons (Fsp3) is 0.533. The van der Waals surface area contributed by atoms with Gasteiger partial charge in [-0.1, -0.05) is 13.8 Å². The molecule has 21 heavy (non-hydrogen) atoms. The lowest BCUT2D eigenvalue weighted by Gasteiger charge is -2.47. The molecule has 0 radical (unpaired) electrons. The van der Waals surface area contributed by atoms with Crippen molar-refractivity contribution in [2.75, 3.05) is 7.05 Å². The summed E-state index contributed by atoms with van der Waals surface area (Å²) in [5.41, 5.74) is 1.75. The van der Waals surface area contributed by atoms with Crippen LogP contribution in [0, 0.1) is 16.7 Å². The van der Waals surface area contributed by atoms with Crippen molar-refractivity contribution in [3.63, 3.8) is 0 Å². The lowest BCUT2D eigenvalue weighted by molar-refractivity contribution is 0.0367. The standard InChI is InChI=1S/C15H19N5O/c1-15(2)5-12(6-15)19(3)9-11-4-13(21)20-14(18-11)10(7-16)8-17-20/h4,8,12,17H,5-6,9H2,1-3H3. The topological polar surface area (TPSA) is 77.2 Å². The van der Waals surface area contributed by atoms with Crippen LogP contribution in [0.2, 0.25) is 0 Å². The molecular formula is C15H19N5O.